The van der Waals surface area contributed by atoms with Crippen molar-refractivity contribution in [3.63, 3.8) is 0 Å². The van der Waals surface area contributed by atoms with Crippen molar-refractivity contribution in [3.05, 3.63) is 20.8 Å². The second-order valence-corrected chi connectivity index (χ2v) is 5.85. The molecule has 1 aromatic heterocycles. The highest BCUT2D eigenvalue weighted by molar-refractivity contribution is 9.10. The Morgan fingerprint density at radius 1 is 1.35 bits per heavy atom. The van der Waals surface area contributed by atoms with E-state index >= 15 is 0 Å². The molecule has 17 heavy (non-hydrogen) atoms. The van der Waals surface area contributed by atoms with E-state index in [4.69, 9.17) is 9.47 Å². The molecule has 0 aliphatic heterocycles. The lowest BCUT2D eigenvalue weighted by molar-refractivity contribution is 0.0204. The van der Waals surface area contributed by atoms with Crippen LogP contribution in [0.2, 0.25) is 0 Å². The van der Waals surface area contributed by atoms with Crippen molar-refractivity contribution in [3.8, 4) is 0 Å². The highest BCUT2D eigenvalue weighted by Gasteiger charge is 1.97. The average molecular weight is 322 g/mol. The van der Waals surface area contributed by atoms with Crippen molar-refractivity contribution in [1.29, 1.82) is 0 Å². The van der Waals surface area contributed by atoms with Gasteiger partial charge >= 0.3 is 0 Å². The van der Waals surface area contributed by atoms with Gasteiger partial charge in [0.05, 0.1) is 25.9 Å². The lowest BCUT2D eigenvalue weighted by atomic mass is 10.4. The number of rotatable bonds is 9. The molecule has 0 bridgehead atoms. The number of nitrogens with one attached hydrogen (secondary N) is 1. The molecule has 0 spiro atoms. The van der Waals surface area contributed by atoms with Crippen molar-refractivity contribution >= 4 is 27.3 Å². The minimum Gasteiger partial charge on any atom is -0.378 e. The third kappa shape index (κ3) is 7.89. The van der Waals surface area contributed by atoms with E-state index in [1.54, 1.807) is 11.3 Å². The topological polar surface area (TPSA) is 30.5 Å². The SMILES string of the molecule is CC(C)OCCOCCNCc1cc(Br)cs1. The molecule has 0 unspecified atom stereocenters. The van der Waals surface area contributed by atoms with E-state index in [0.29, 0.717) is 13.2 Å². The van der Waals surface area contributed by atoms with Crippen LogP contribution in [0.25, 0.3) is 0 Å². The number of hydrogen-bond donors (Lipinski definition) is 1. The van der Waals surface area contributed by atoms with Crippen LogP contribution >= 0.6 is 27.3 Å². The Balaban J connectivity index is 1.88. The molecule has 5 heteroatoms. The van der Waals surface area contributed by atoms with Crippen LogP contribution in [0.3, 0.4) is 0 Å². The lowest BCUT2D eigenvalue weighted by Crippen LogP contribution is -2.20. The first-order valence-electron chi connectivity index (χ1n) is 5.81. The van der Waals surface area contributed by atoms with Gasteiger partial charge in [-0.1, -0.05) is 0 Å². The third-order valence-corrected chi connectivity index (χ3v) is 3.72. The minimum absolute atomic E-state index is 0.286. The van der Waals surface area contributed by atoms with Gasteiger partial charge in [0.25, 0.3) is 0 Å². The highest BCUT2D eigenvalue weighted by Crippen LogP contribution is 2.19. The average Bonchev–Trinajstić information content (AvgIpc) is 2.68. The smallest absolute Gasteiger partial charge is 0.0703 e. The molecular weight excluding hydrogens is 302 g/mol. The Kier molecular flexibility index (Phi) is 8.05. The molecule has 1 aromatic rings. The van der Waals surface area contributed by atoms with E-state index < -0.39 is 0 Å². The Bertz CT molecular complexity index is 304. The minimum atomic E-state index is 0.286. The predicted molar refractivity (Wildman–Crippen MR) is 75.6 cm³/mol. The zero-order valence-electron chi connectivity index (χ0n) is 10.4. The number of halogens is 1. The summed E-state index contributed by atoms with van der Waals surface area (Å²) in [6.07, 6.45) is 0.286. The second-order valence-electron chi connectivity index (χ2n) is 3.94. The summed E-state index contributed by atoms with van der Waals surface area (Å²) in [5.41, 5.74) is 0. The van der Waals surface area contributed by atoms with Gasteiger partial charge in [-0.2, -0.15) is 0 Å². The van der Waals surface area contributed by atoms with Crippen LogP contribution in [0.4, 0.5) is 0 Å². The summed E-state index contributed by atoms with van der Waals surface area (Å²) in [6, 6.07) is 2.13. The quantitative estimate of drug-likeness (QED) is 0.709. The molecule has 0 saturated heterocycles. The van der Waals surface area contributed by atoms with E-state index in [1.807, 2.05) is 13.8 Å². The Labute approximate surface area is 116 Å². The molecule has 1 rings (SSSR count). The molecule has 0 fully saturated rings. The van der Waals surface area contributed by atoms with Gasteiger partial charge in [0.2, 0.25) is 0 Å². The van der Waals surface area contributed by atoms with E-state index in [9.17, 15) is 0 Å². The molecule has 1 N–H and O–H groups in total. The molecule has 0 saturated carbocycles. The number of ether oxygens (including phenoxy) is 2. The first-order chi connectivity index (χ1) is 8.18. The van der Waals surface area contributed by atoms with Crippen LogP contribution in [0, 0.1) is 0 Å². The van der Waals surface area contributed by atoms with Gasteiger partial charge in [-0.15, -0.1) is 11.3 Å². The summed E-state index contributed by atoms with van der Waals surface area (Å²) in [4.78, 5) is 1.33. The summed E-state index contributed by atoms with van der Waals surface area (Å²) in [5, 5.41) is 5.43. The van der Waals surface area contributed by atoms with Crippen LogP contribution in [0.15, 0.2) is 15.9 Å². The predicted octanol–water partition coefficient (Wildman–Crippen LogP) is 3.04. The summed E-state index contributed by atoms with van der Waals surface area (Å²) in [7, 11) is 0. The number of thiophene rings is 1. The van der Waals surface area contributed by atoms with Gasteiger partial charge < -0.3 is 14.8 Å². The van der Waals surface area contributed by atoms with Gasteiger partial charge in [0.1, 0.15) is 0 Å². The van der Waals surface area contributed by atoms with E-state index in [0.717, 1.165) is 24.2 Å². The third-order valence-electron chi connectivity index (χ3n) is 2.02. The van der Waals surface area contributed by atoms with Crippen molar-refractivity contribution in [2.24, 2.45) is 0 Å². The van der Waals surface area contributed by atoms with Gasteiger partial charge in [0.15, 0.2) is 0 Å². The Hall–Kier alpha value is 0.0600. The second kappa shape index (κ2) is 9.05. The van der Waals surface area contributed by atoms with Crippen molar-refractivity contribution in [2.45, 2.75) is 26.5 Å². The Morgan fingerprint density at radius 2 is 2.18 bits per heavy atom. The van der Waals surface area contributed by atoms with Gasteiger partial charge in [-0.05, 0) is 35.8 Å². The van der Waals surface area contributed by atoms with Crippen molar-refractivity contribution in [1.82, 2.24) is 5.32 Å². The maximum Gasteiger partial charge on any atom is 0.0703 e. The standard InChI is InChI=1S/C12H20BrNO2S/c1-10(2)16-6-5-15-4-3-14-8-12-7-11(13)9-17-12/h7,9-10,14H,3-6,8H2,1-2H3. The lowest BCUT2D eigenvalue weighted by Gasteiger charge is -2.08. The van der Waals surface area contributed by atoms with E-state index in [1.165, 1.54) is 4.88 Å². The maximum atomic E-state index is 5.43. The molecule has 3 nitrogen and oxygen atoms in total. The normalized spacial score (nSPS) is 11.3. The first-order valence-corrected chi connectivity index (χ1v) is 7.48. The molecule has 0 aromatic carbocycles. The molecule has 98 valence electrons. The molecule has 0 amide bonds. The molecule has 0 radical (unpaired) electrons. The zero-order chi connectivity index (χ0) is 12.5. The summed E-state index contributed by atoms with van der Waals surface area (Å²) < 4.78 is 12.0. The van der Waals surface area contributed by atoms with Gasteiger partial charge in [-0.3, -0.25) is 0 Å². The highest BCUT2D eigenvalue weighted by atomic mass is 79.9. The van der Waals surface area contributed by atoms with Crippen LogP contribution < -0.4 is 5.32 Å². The molecule has 0 aliphatic rings. The van der Waals surface area contributed by atoms with Crippen molar-refractivity contribution < 1.29 is 9.47 Å². The Morgan fingerprint density at radius 3 is 2.82 bits per heavy atom. The summed E-state index contributed by atoms with van der Waals surface area (Å²) >= 11 is 5.19. The fourth-order valence-corrected chi connectivity index (χ4v) is 2.67. The molecule has 0 atom stereocenters. The summed E-state index contributed by atoms with van der Waals surface area (Å²) in [5.74, 6) is 0. The fraction of sp³-hybridized carbons (Fsp3) is 0.667. The van der Waals surface area contributed by atoms with Gasteiger partial charge in [0, 0.05) is 27.8 Å². The monoisotopic (exact) mass is 321 g/mol. The molecular formula is C12H20BrNO2S. The maximum absolute atomic E-state index is 5.43. The van der Waals surface area contributed by atoms with E-state index in [2.05, 4.69) is 32.7 Å². The number of hydrogen-bond acceptors (Lipinski definition) is 4. The van der Waals surface area contributed by atoms with Crippen molar-refractivity contribution in [2.75, 3.05) is 26.4 Å². The first kappa shape index (κ1) is 15.1. The fourth-order valence-electron chi connectivity index (χ4n) is 1.25. The van der Waals surface area contributed by atoms with Crippen LogP contribution in [0.5, 0.6) is 0 Å². The largest absolute Gasteiger partial charge is 0.378 e. The molecule has 0 aliphatic carbocycles. The zero-order valence-corrected chi connectivity index (χ0v) is 12.8. The summed E-state index contributed by atoms with van der Waals surface area (Å²) in [6.45, 7) is 7.91. The van der Waals surface area contributed by atoms with Crippen LogP contribution in [-0.4, -0.2) is 32.5 Å². The van der Waals surface area contributed by atoms with Crippen LogP contribution in [0.1, 0.15) is 18.7 Å². The van der Waals surface area contributed by atoms with Gasteiger partial charge in [-0.25, -0.2) is 0 Å². The van der Waals surface area contributed by atoms with E-state index in [-0.39, 0.29) is 6.10 Å². The van der Waals surface area contributed by atoms with Crippen LogP contribution in [-0.2, 0) is 16.0 Å². The molecule has 1 heterocycles.